The molecule has 4 nitrogen and oxygen atoms in total. The zero-order valence-electron chi connectivity index (χ0n) is 17.0. The lowest BCUT2D eigenvalue weighted by atomic mass is 9.99. The van der Waals surface area contributed by atoms with Crippen LogP contribution in [0.25, 0.3) is 0 Å². The van der Waals surface area contributed by atoms with Crippen molar-refractivity contribution in [3.05, 3.63) is 60.2 Å². The first-order valence-electron chi connectivity index (χ1n) is 10.6. The first kappa shape index (κ1) is 20.4. The number of carbonyl (C=O) groups excluding carboxylic acids is 1. The second-order valence-electron chi connectivity index (χ2n) is 7.85. The minimum Gasteiger partial charge on any atom is -0.372 e. The van der Waals surface area contributed by atoms with E-state index in [0.29, 0.717) is 13.0 Å². The molecule has 1 heterocycles. The Kier molecular flexibility index (Phi) is 7.92. The van der Waals surface area contributed by atoms with Crippen molar-refractivity contribution in [2.24, 2.45) is 5.92 Å². The van der Waals surface area contributed by atoms with E-state index in [0.717, 1.165) is 44.1 Å². The Hall–Kier alpha value is -2.33. The maximum Gasteiger partial charge on any atom is 0.225 e. The van der Waals surface area contributed by atoms with E-state index in [4.69, 9.17) is 0 Å². The lowest BCUT2D eigenvalue weighted by Crippen LogP contribution is -2.32. The number of hydrogen-bond acceptors (Lipinski definition) is 3. The molecule has 1 fully saturated rings. The highest BCUT2D eigenvalue weighted by Gasteiger charge is 2.15. The van der Waals surface area contributed by atoms with Crippen LogP contribution in [0.2, 0.25) is 0 Å². The first-order chi connectivity index (χ1) is 13.7. The normalized spacial score (nSPS) is 14.8. The molecule has 2 N–H and O–H groups in total. The van der Waals surface area contributed by atoms with E-state index < -0.39 is 0 Å². The second kappa shape index (κ2) is 10.9. The topological polar surface area (TPSA) is 44.4 Å². The molecule has 1 aliphatic rings. The molecule has 0 spiro atoms. The molecular weight excluding hydrogens is 346 g/mol. The summed E-state index contributed by atoms with van der Waals surface area (Å²) in [5.41, 5.74) is 3.50. The Morgan fingerprint density at radius 3 is 2.43 bits per heavy atom. The van der Waals surface area contributed by atoms with Gasteiger partial charge in [-0.3, -0.25) is 4.79 Å². The minimum atomic E-state index is 0.0649. The maximum atomic E-state index is 12.1. The number of rotatable bonds is 9. The van der Waals surface area contributed by atoms with Gasteiger partial charge in [0, 0.05) is 37.4 Å². The predicted molar refractivity (Wildman–Crippen MR) is 118 cm³/mol. The molecule has 150 valence electrons. The van der Waals surface area contributed by atoms with Crippen LogP contribution >= 0.6 is 0 Å². The van der Waals surface area contributed by atoms with Gasteiger partial charge in [0.2, 0.25) is 5.91 Å². The number of carbonyl (C=O) groups is 1. The highest BCUT2D eigenvalue weighted by atomic mass is 16.1. The number of anilines is 2. The number of aryl methyl sites for hydroxylation is 1. The molecule has 0 unspecified atom stereocenters. The van der Waals surface area contributed by atoms with Crippen LogP contribution in [0.15, 0.2) is 54.6 Å². The van der Waals surface area contributed by atoms with E-state index in [1.165, 1.54) is 24.1 Å². The maximum absolute atomic E-state index is 12.1. The van der Waals surface area contributed by atoms with Crippen LogP contribution in [-0.4, -0.2) is 32.1 Å². The average molecular weight is 380 g/mol. The number of amides is 1. The van der Waals surface area contributed by atoms with Crippen molar-refractivity contribution in [1.29, 1.82) is 0 Å². The SMILES string of the molecule is CC1CCN(c2ccc(NC(=O)CCNCCCc3ccccc3)cc2)CC1. The van der Waals surface area contributed by atoms with Gasteiger partial charge in [0.15, 0.2) is 0 Å². The summed E-state index contributed by atoms with van der Waals surface area (Å²) < 4.78 is 0. The molecule has 2 aromatic rings. The largest absolute Gasteiger partial charge is 0.372 e. The molecule has 1 amide bonds. The Morgan fingerprint density at radius 2 is 1.71 bits per heavy atom. The summed E-state index contributed by atoms with van der Waals surface area (Å²) in [5.74, 6) is 0.900. The van der Waals surface area contributed by atoms with Gasteiger partial charge < -0.3 is 15.5 Å². The Labute approximate surface area is 169 Å². The van der Waals surface area contributed by atoms with Gasteiger partial charge in [0.1, 0.15) is 0 Å². The van der Waals surface area contributed by atoms with E-state index in [1.807, 2.05) is 18.2 Å². The molecule has 4 heteroatoms. The number of nitrogens with zero attached hydrogens (tertiary/aromatic N) is 1. The Balaban J connectivity index is 1.30. The van der Waals surface area contributed by atoms with Gasteiger partial charge in [-0.25, -0.2) is 0 Å². The van der Waals surface area contributed by atoms with E-state index >= 15 is 0 Å². The third kappa shape index (κ3) is 6.68. The smallest absolute Gasteiger partial charge is 0.225 e. The summed E-state index contributed by atoms with van der Waals surface area (Å²) in [5, 5.41) is 6.36. The summed E-state index contributed by atoms with van der Waals surface area (Å²) in [6.07, 6.45) is 5.18. The van der Waals surface area contributed by atoms with Crippen LogP contribution in [-0.2, 0) is 11.2 Å². The fourth-order valence-corrected chi connectivity index (χ4v) is 3.63. The van der Waals surface area contributed by atoms with Crippen molar-refractivity contribution in [3.8, 4) is 0 Å². The van der Waals surface area contributed by atoms with Gasteiger partial charge in [0.25, 0.3) is 0 Å². The number of benzene rings is 2. The molecule has 0 aromatic heterocycles. The number of piperidine rings is 1. The molecule has 0 bridgehead atoms. The minimum absolute atomic E-state index is 0.0649. The van der Waals surface area contributed by atoms with Crippen molar-refractivity contribution >= 4 is 17.3 Å². The zero-order valence-corrected chi connectivity index (χ0v) is 17.0. The molecule has 1 aliphatic heterocycles. The van der Waals surface area contributed by atoms with Crippen molar-refractivity contribution in [3.63, 3.8) is 0 Å². The van der Waals surface area contributed by atoms with Crippen molar-refractivity contribution < 1.29 is 4.79 Å². The quantitative estimate of drug-likeness (QED) is 0.632. The van der Waals surface area contributed by atoms with E-state index in [-0.39, 0.29) is 5.91 Å². The monoisotopic (exact) mass is 379 g/mol. The molecule has 3 rings (SSSR count). The molecular formula is C24H33N3O. The van der Waals surface area contributed by atoms with Gasteiger partial charge >= 0.3 is 0 Å². The van der Waals surface area contributed by atoms with Gasteiger partial charge in [-0.05, 0) is 68.0 Å². The van der Waals surface area contributed by atoms with Crippen LogP contribution in [0.1, 0.15) is 38.2 Å². The third-order valence-corrected chi connectivity index (χ3v) is 5.49. The summed E-state index contributed by atoms with van der Waals surface area (Å²) in [6, 6.07) is 18.8. The second-order valence-corrected chi connectivity index (χ2v) is 7.85. The Morgan fingerprint density at radius 1 is 1.00 bits per heavy atom. The van der Waals surface area contributed by atoms with Crippen LogP contribution in [0, 0.1) is 5.92 Å². The van der Waals surface area contributed by atoms with Gasteiger partial charge in [-0.2, -0.15) is 0 Å². The predicted octanol–water partition coefficient (Wildman–Crippen LogP) is 4.47. The molecule has 0 radical (unpaired) electrons. The average Bonchev–Trinajstić information content (AvgIpc) is 2.72. The number of hydrogen-bond donors (Lipinski definition) is 2. The first-order valence-corrected chi connectivity index (χ1v) is 10.6. The van der Waals surface area contributed by atoms with Crippen molar-refractivity contribution in [1.82, 2.24) is 5.32 Å². The molecule has 1 saturated heterocycles. The zero-order chi connectivity index (χ0) is 19.6. The standard InChI is InChI=1S/C24H33N3O/c1-20-14-18-27(19-15-20)23-11-9-22(10-12-23)26-24(28)13-17-25-16-5-8-21-6-3-2-4-7-21/h2-4,6-7,9-12,20,25H,5,8,13-19H2,1H3,(H,26,28). The molecule has 0 saturated carbocycles. The van der Waals surface area contributed by atoms with Gasteiger partial charge in [-0.15, -0.1) is 0 Å². The third-order valence-electron chi connectivity index (χ3n) is 5.49. The van der Waals surface area contributed by atoms with Crippen molar-refractivity contribution in [2.75, 3.05) is 36.4 Å². The summed E-state index contributed by atoms with van der Waals surface area (Å²) in [4.78, 5) is 14.6. The number of nitrogens with one attached hydrogen (secondary N) is 2. The Bertz CT molecular complexity index is 706. The molecule has 0 atom stereocenters. The van der Waals surface area contributed by atoms with E-state index in [2.05, 4.69) is 58.9 Å². The lowest BCUT2D eigenvalue weighted by Gasteiger charge is -2.32. The van der Waals surface area contributed by atoms with Crippen LogP contribution in [0.4, 0.5) is 11.4 Å². The fraction of sp³-hybridized carbons (Fsp3) is 0.458. The highest BCUT2D eigenvalue weighted by molar-refractivity contribution is 5.91. The molecule has 2 aromatic carbocycles. The van der Waals surface area contributed by atoms with Gasteiger partial charge in [0.05, 0.1) is 0 Å². The van der Waals surface area contributed by atoms with E-state index in [9.17, 15) is 4.79 Å². The van der Waals surface area contributed by atoms with E-state index in [1.54, 1.807) is 0 Å². The summed E-state index contributed by atoms with van der Waals surface area (Å²) in [6.45, 7) is 6.23. The van der Waals surface area contributed by atoms with Crippen LogP contribution in [0.3, 0.4) is 0 Å². The molecule has 0 aliphatic carbocycles. The fourth-order valence-electron chi connectivity index (χ4n) is 3.63. The highest BCUT2D eigenvalue weighted by Crippen LogP contribution is 2.24. The lowest BCUT2D eigenvalue weighted by molar-refractivity contribution is -0.116. The summed E-state index contributed by atoms with van der Waals surface area (Å²) in [7, 11) is 0. The van der Waals surface area contributed by atoms with Crippen LogP contribution < -0.4 is 15.5 Å². The molecule has 28 heavy (non-hydrogen) atoms. The van der Waals surface area contributed by atoms with Crippen LogP contribution in [0.5, 0.6) is 0 Å². The van der Waals surface area contributed by atoms with Crippen molar-refractivity contribution in [2.45, 2.75) is 39.0 Å². The summed E-state index contributed by atoms with van der Waals surface area (Å²) >= 11 is 0. The van der Waals surface area contributed by atoms with Gasteiger partial charge in [-0.1, -0.05) is 37.3 Å².